The molecule has 1 heterocycles. The van der Waals surface area contributed by atoms with E-state index in [1.807, 2.05) is 62.1 Å². The Kier molecular flexibility index (Phi) is 17.9. The van der Waals surface area contributed by atoms with Crippen molar-refractivity contribution in [3.63, 3.8) is 0 Å². The fourth-order valence-corrected chi connectivity index (χ4v) is 4.14. The van der Waals surface area contributed by atoms with Crippen LogP contribution < -0.4 is 4.90 Å². The Morgan fingerprint density at radius 2 is 1.68 bits per heavy atom. The number of benzene rings is 1. The number of hydrogen-bond donors (Lipinski definition) is 1. The van der Waals surface area contributed by atoms with Gasteiger partial charge in [-0.1, -0.05) is 101 Å². The average Bonchev–Trinajstić information content (AvgIpc) is 3.23. The molecule has 0 saturated heterocycles. The Morgan fingerprint density at radius 3 is 2.15 bits per heavy atom. The van der Waals surface area contributed by atoms with Crippen LogP contribution in [0.15, 0.2) is 72.4 Å². The van der Waals surface area contributed by atoms with E-state index >= 15 is 0 Å². The molecule has 0 aliphatic rings. The molecular formula is C29H41NO3S. The highest BCUT2D eigenvalue weighted by Crippen LogP contribution is 2.36. The first-order valence-corrected chi connectivity index (χ1v) is 12.7. The number of nitrogens with zero attached hydrogens (tertiary/aromatic N) is 1. The van der Waals surface area contributed by atoms with Crippen molar-refractivity contribution in [2.45, 2.75) is 67.2 Å². The second-order valence-electron chi connectivity index (χ2n) is 7.48. The van der Waals surface area contributed by atoms with E-state index in [2.05, 4.69) is 51.1 Å². The second-order valence-corrected chi connectivity index (χ2v) is 8.73. The summed E-state index contributed by atoms with van der Waals surface area (Å²) in [6.45, 7) is 12.8. The summed E-state index contributed by atoms with van der Waals surface area (Å²) in [6.07, 6.45) is 14.7. The number of carbonyl (C=O) groups is 2. The molecule has 0 atom stereocenters. The number of rotatable bonds is 9. The number of allylic oxidation sites excluding steroid dienone is 4. The predicted octanol–water partition coefficient (Wildman–Crippen LogP) is 8.44. The van der Waals surface area contributed by atoms with Crippen LogP contribution in [0.5, 0.6) is 0 Å². The molecule has 0 aliphatic heterocycles. The van der Waals surface area contributed by atoms with Crippen LogP contribution in [0.1, 0.15) is 65.2 Å². The van der Waals surface area contributed by atoms with Gasteiger partial charge in [-0.3, -0.25) is 9.59 Å². The van der Waals surface area contributed by atoms with Crippen LogP contribution in [-0.2, 0) is 9.59 Å². The van der Waals surface area contributed by atoms with Gasteiger partial charge in [-0.05, 0) is 38.0 Å². The first-order chi connectivity index (χ1) is 16.4. The van der Waals surface area contributed by atoms with E-state index in [9.17, 15) is 4.79 Å². The summed E-state index contributed by atoms with van der Waals surface area (Å²) in [5, 5.41) is 6.89. The molecule has 1 aromatic heterocycles. The fourth-order valence-electron chi connectivity index (χ4n) is 3.11. The molecule has 5 heteroatoms. The number of amides is 1. The third kappa shape index (κ3) is 11.8. The molecule has 34 heavy (non-hydrogen) atoms. The van der Waals surface area contributed by atoms with E-state index in [-0.39, 0.29) is 12.4 Å². The number of hydrogen-bond acceptors (Lipinski definition) is 3. The molecule has 0 radical (unpaired) electrons. The zero-order valence-corrected chi connectivity index (χ0v) is 22.4. The summed E-state index contributed by atoms with van der Waals surface area (Å²) < 4.78 is 0. The maximum atomic E-state index is 12.7. The van der Waals surface area contributed by atoms with E-state index in [0.29, 0.717) is 13.0 Å². The van der Waals surface area contributed by atoms with Crippen LogP contribution in [0.4, 0.5) is 5.69 Å². The van der Waals surface area contributed by atoms with E-state index in [1.54, 1.807) is 11.3 Å². The zero-order chi connectivity index (χ0) is 25.8. The van der Waals surface area contributed by atoms with Gasteiger partial charge in [0.1, 0.15) is 0 Å². The van der Waals surface area contributed by atoms with Crippen molar-refractivity contribution in [2.24, 2.45) is 0 Å². The molecule has 2 rings (SSSR count). The minimum Gasteiger partial charge on any atom is -0.483 e. The third-order valence-corrected chi connectivity index (χ3v) is 5.86. The first-order valence-electron chi connectivity index (χ1n) is 11.9. The Morgan fingerprint density at radius 1 is 1.06 bits per heavy atom. The molecule has 0 fully saturated rings. The van der Waals surface area contributed by atoms with E-state index < -0.39 is 0 Å². The van der Waals surface area contributed by atoms with Crippen LogP contribution >= 0.6 is 11.3 Å². The lowest BCUT2D eigenvalue weighted by Gasteiger charge is -2.23. The quantitative estimate of drug-likeness (QED) is 0.287. The van der Waals surface area contributed by atoms with Gasteiger partial charge < -0.3 is 10.0 Å². The Labute approximate surface area is 210 Å². The van der Waals surface area contributed by atoms with E-state index in [0.717, 1.165) is 16.1 Å². The molecule has 1 amide bonds. The molecule has 0 spiro atoms. The summed E-state index contributed by atoms with van der Waals surface area (Å²) in [4.78, 5) is 25.3. The molecule has 0 saturated carbocycles. The Hall–Kier alpha value is -2.92. The van der Waals surface area contributed by atoms with Gasteiger partial charge in [-0.15, -0.1) is 11.3 Å². The van der Waals surface area contributed by atoms with Gasteiger partial charge in [0.05, 0.1) is 12.2 Å². The number of anilines is 1. The van der Waals surface area contributed by atoms with Crippen LogP contribution in [-0.4, -0.2) is 24.0 Å². The van der Waals surface area contributed by atoms with Gasteiger partial charge >= 0.3 is 0 Å². The number of aryl methyl sites for hydroxylation is 1. The van der Waals surface area contributed by atoms with Gasteiger partial charge in [-0.2, -0.15) is 0 Å². The summed E-state index contributed by atoms with van der Waals surface area (Å²) >= 11 is 1.74. The lowest BCUT2D eigenvalue weighted by atomic mass is 10.1. The molecule has 0 bridgehead atoms. The minimum atomic E-state index is -0.250. The van der Waals surface area contributed by atoms with Crippen molar-refractivity contribution >= 4 is 29.4 Å². The van der Waals surface area contributed by atoms with Crippen molar-refractivity contribution in [3.8, 4) is 10.4 Å². The van der Waals surface area contributed by atoms with Gasteiger partial charge in [0.2, 0.25) is 5.91 Å². The summed E-state index contributed by atoms with van der Waals surface area (Å²) in [6, 6.07) is 12.5. The standard InChI is InChI=1S/C23H27NOS.C5H12.CH2O2/c1-5-8-13-19(12-6-2)17-24(23(25)7-3)21-16-22(26-18(21)4)20-14-10-9-11-15-20;1-3-5-4-2;2-1-3/h5-6,8-16H,7,17H2,1-4H3;3-5H2,1-2H3;1H,(H,2,3)/b8-5+,12-6-,19-13+;;. The van der Waals surface area contributed by atoms with Crippen LogP contribution in [0.3, 0.4) is 0 Å². The number of carbonyl (C=O) groups excluding carboxylic acids is 1. The molecule has 2 aromatic rings. The number of unbranched alkanes of at least 4 members (excludes halogenated alkanes) is 2. The second kappa shape index (κ2) is 19.5. The lowest BCUT2D eigenvalue weighted by molar-refractivity contribution is -0.123. The topological polar surface area (TPSA) is 57.6 Å². The van der Waals surface area contributed by atoms with Gasteiger partial charge in [0.15, 0.2) is 0 Å². The monoisotopic (exact) mass is 483 g/mol. The molecule has 1 N–H and O–H groups in total. The molecule has 186 valence electrons. The summed E-state index contributed by atoms with van der Waals surface area (Å²) in [5.41, 5.74) is 3.31. The van der Waals surface area contributed by atoms with Crippen molar-refractivity contribution < 1.29 is 14.7 Å². The van der Waals surface area contributed by atoms with Gasteiger partial charge in [0.25, 0.3) is 6.47 Å². The highest BCUT2D eigenvalue weighted by molar-refractivity contribution is 7.16. The van der Waals surface area contributed by atoms with Crippen molar-refractivity contribution in [3.05, 3.63) is 77.2 Å². The van der Waals surface area contributed by atoms with Crippen LogP contribution in [0.25, 0.3) is 10.4 Å². The molecule has 0 aliphatic carbocycles. The highest BCUT2D eigenvalue weighted by atomic mass is 32.1. The van der Waals surface area contributed by atoms with Gasteiger partial charge in [-0.25, -0.2) is 0 Å². The maximum absolute atomic E-state index is 12.7. The molecule has 0 unspecified atom stereocenters. The van der Waals surface area contributed by atoms with Crippen molar-refractivity contribution in [2.75, 3.05) is 11.4 Å². The van der Waals surface area contributed by atoms with Crippen molar-refractivity contribution in [1.29, 1.82) is 0 Å². The average molecular weight is 484 g/mol. The van der Waals surface area contributed by atoms with Crippen LogP contribution in [0, 0.1) is 6.92 Å². The zero-order valence-electron chi connectivity index (χ0n) is 21.6. The predicted molar refractivity (Wildman–Crippen MR) is 149 cm³/mol. The smallest absolute Gasteiger partial charge is 0.290 e. The highest BCUT2D eigenvalue weighted by Gasteiger charge is 2.19. The SMILES string of the molecule is CCCCC.C\C=C/C(=C\C=C\C)CN(C(=O)CC)c1cc(-c2ccccc2)sc1C.O=CO. The number of thiophene rings is 1. The van der Waals surface area contributed by atoms with E-state index in [1.165, 1.54) is 29.7 Å². The Bertz CT molecular complexity index is 909. The van der Waals surface area contributed by atoms with Crippen molar-refractivity contribution in [1.82, 2.24) is 0 Å². The fraction of sp³-hybridized carbons (Fsp3) is 0.379. The Balaban J connectivity index is 0.00000118. The molecular weight excluding hydrogens is 442 g/mol. The maximum Gasteiger partial charge on any atom is 0.290 e. The summed E-state index contributed by atoms with van der Waals surface area (Å²) in [5.74, 6) is 0.140. The molecule has 4 nitrogen and oxygen atoms in total. The van der Waals surface area contributed by atoms with Crippen LogP contribution in [0.2, 0.25) is 0 Å². The van der Waals surface area contributed by atoms with Gasteiger partial charge in [0, 0.05) is 16.2 Å². The number of carboxylic acid groups (broad SMARTS) is 1. The largest absolute Gasteiger partial charge is 0.483 e. The third-order valence-electron chi connectivity index (χ3n) is 4.78. The first kappa shape index (κ1) is 31.1. The lowest BCUT2D eigenvalue weighted by Crippen LogP contribution is -2.32. The van der Waals surface area contributed by atoms with E-state index in [4.69, 9.17) is 9.90 Å². The molecule has 1 aromatic carbocycles. The minimum absolute atomic E-state index is 0.140. The summed E-state index contributed by atoms with van der Waals surface area (Å²) in [7, 11) is 0. The normalized spacial score (nSPS) is 10.9.